The topological polar surface area (TPSA) is 13.1 Å². The first-order chi connectivity index (χ1) is 8.36. The van der Waals surface area contributed by atoms with Gasteiger partial charge in [-0.25, -0.2) is 0 Å². The van der Waals surface area contributed by atoms with Crippen LogP contribution in [0.5, 0.6) is 0 Å². The molecule has 1 heterocycles. The summed E-state index contributed by atoms with van der Waals surface area (Å²) in [5.74, 6) is 2.62. The van der Waals surface area contributed by atoms with E-state index in [1.165, 1.54) is 56.1 Å². The van der Waals surface area contributed by atoms with Gasteiger partial charge in [0.05, 0.1) is 6.26 Å². The van der Waals surface area contributed by atoms with Crippen molar-refractivity contribution in [3.63, 3.8) is 0 Å². The van der Waals surface area contributed by atoms with E-state index >= 15 is 0 Å². The summed E-state index contributed by atoms with van der Waals surface area (Å²) in [4.78, 5) is 0. The summed E-state index contributed by atoms with van der Waals surface area (Å²) < 4.78 is 5.65. The van der Waals surface area contributed by atoms with Crippen LogP contribution in [-0.4, -0.2) is 0 Å². The maximum atomic E-state index is 5.65. The van der Waals surface area contributed by atoms with Crippen molar-refractivity contribution in [2.24, 2.45) is 5.92 Å². The van der Waals surface area contributed by atoms with Crippen LogP contribution in [-0.2, 0) is 0 Å². The molecule has 2 unspecified atom stereocenters. The minimum atomic E-state index is 0.729. The summed E-state index contributed by atoms with van der Waals surface area (Å²) >= 11 is 0. The first-order valence-corrected chi connectivity index (χ1v) is 7.12. The maximum absolute atomic E-state index is 5.65. The lowest BCUT2D eigenvalue weighted by molar-refractivity contribution is 0.427. The molecule has 1 fully saturated rings. The summed E-state index contributed by atoms with van der Waals surface area (Å²) in [6, 6.07) is 0. The van der Waals surface area contributed by atoms with E-state index in [0.717, 1.165) is 17.6 Å². The van der Waals surface area contributed by atoms with E-state index < -0.39 is 0 Å². The summed E-state index contributed by atoms with van der Waals surface area (Å²) in [5, 5.41) is 0. The van der Waals surface area contributed by atoms with E-state index in [1.54, 1.807) is 0 Å². The molecule has 0 aliphatic heterocycles. The second-order valence-corrected chi connectivity index (χ2v) is 5.67. The van der Waals surface area contributed by atoms with Crippen molar-refractivity contribution < 1.29 is 4.42 Å². The average Bonchev–Trinajstić information content (AvgIpc) is 2.75. The number of rotatable bonds is 0. The van der Waals surface area contributed by atoms with Gasteiger partial charge in [-0.15, -0.1) is 0 Å². The Balaban J connectivity index is 1.92. The lowest BCUT2D eigenvalue weighted by Crippen LogP contribution is -2.15. The molecule has 0 N–H and O–H groups in total. The Morgan fingerprint density at radius 1 is 1.06 bits per heavy atom. The predicted molar refractivity (Wildman–Crippen MR) is 71.0 cm³/mol. The zero-order valence-corrected chi connectivity index (χ0v) is 10.7. The van der Waals surface area contributed by atoms with E-state index in [2.05, 4.69) is 19.1 Å². The van der Waals surface area contributed by atoms with Gasteiger partial charge in [0.25, 0.3) is 0 Å². The zero-order chi connectivity index (χ0) is 11.7. The fourth-order valence-corrected chi connectivity index (χ4v) is 3.57. The first kappa shape index (κ1) is 11.1. The molecule has 92 valence electrons. The number of furan rings is 1. The highest BCUT2D eigenvalue weighted by Gasteiger charge is 2.29. The van der Waals surface area contributed by atoms with E-state index in [1.807, 2.05) is 6.26 Å². The molecule has 0 spiro atoms. The molecule has 1 nitrogen and oxygen atoms in total. The van der Waals surface area contributed by atoms with E-state index in [0.29, 0.717) is 0 Å². The van der Waals surface area contributed by atoms with Crippen LogP contribution in [0.15, 0.2) is 16.8 Å². The molecular weight excluding hydrogens is 208 g/mol. The number of hydrogen-bond donors (Lipinski definition) is 0. The van der Waals surface area contributed by atoms with Crippen LogP contribution in [0.3, 0.4) is 0 Å². The SMILES string of the molecule is Cc1coc2c1C1CCCCCCCC1C=C2. The van der Waals surface area contributed by atoms with Gasteiger partial charge in [-0.05, 0) is 43.2 Å². The second kappa shape index (κ2) is 4.72. The number of hydrogen-bond acceptors (Lipinski definition) is 1. The van der Waals surface area contributed by atoms with Crippen LogP contribution >= 0.6 is 0 Å². The third-order valence-electron chi connectivity index (χ3n) is 4.49. The Morgan fingerprint density at radius 3 is 2.71 bits per heavy atom. The van der Waals surface area contributed by atoms with Crippen molar-refractivity contribution in [3.8, 4) is 0 Å². The molecule has 0 bridgehead atoms. The number of aryl methyl sites for hydroxylation is 1. The Bertz CT molecular complexity index is 413. The lowest BCUT2D eigenvalue weighted by Gasteiger charge is -2.27. The van der Waals surface area contributed by atoms with Gasteiger partial charge in [-0.3, -0.25) is 0 Å². The lowest BCUT2D eigenvalue weighted by atomic mass is 9.76. The van der Waals surface area contributed by atoms with E-state index in [4.69, 9.17) is 4.42 Å². The number of fused-ring (bicyclic) bond motifs is 3. The van der Waals surface area contributed by atoms with Crippen molar-refractivity contribution in [2.45, 2.75) is 57.8 Å². The fourth-order valence-electron chi connectivity index (χ4n) is 3.57. The predicted octanol–water partition coefficient (Wildman–Crippen LogP) is 5.06. The molecule has 1 heteroatoms. The van der Waals surface area contributed by atoms with Crippen LogP contribution < -0.4 is 0 Å². The van der Waals surface area contributed by atoms with Crippen molar-refractivity contribution in [1.29, 1.82) is 0 Å². The highest BCUT2D eigenvalue weighted by atomic mass is 16.3. The Morgan fingerprint density at radius 2 is 1.82 bits per heavy atom. The molecule has 0 amide bonds. The van der Waals surface area contributed by atoms with Crippen molar-refractivity contribution in [3.05, 3.63) is 29.2 Å². The first-order valence-electron chi connectivity index (χ1n) is 7.12. The van der Waals surface area contributed by atoms with Gasteiger partial charge >= 0.3 is 0 Å². The van der Waals surface area contributed by atoms with Crippen LogP contribution in [0.2, 0.25) is 0 Å². The minimum Gasteiger partial charge on any atom is -0.464 e. The Hall–Kier alpha value is -0.980. The second-order valence-electron chi connectivity index (χ2n) is 5.67. The van der Waals surface area contributed by atoms with Gasteiger partial charge in [-0.1, -0.05) is 38.2 Å². The molecular formula is C16H22O. The average molecular weight is 230 g/mol. The molecule has 0 saturated heterocycles. The molecule has 1 aromatic rings. The third kappa shape index (κ3) is 2.08. The zero-order valence-electron chi connectivity index (χ0n) is 10.7. The minimum absolute atomic E-state index is 0.729. The standard InChI is InChI=1S/C16H22O/c1-12-11-17-15-10-9-13-7-5-3-2-4-6-8-14(13)16(12)15/h9-11,13-14H,2-8H2,1H3. The molecule has 0 radical (unpaired) electrons. The highest BCUT2D eigenvalue weighted by molar-refractivity contribution is 5.55. The van der Waals surface area contributed by atoms with E-state index in [9.17, 15) is 0 Å². The van der Waals surface area contributed by atoms with Crippen LogP contribution in [0, 0.1) is 12.8 Å². The van der Waals surface area contributed by atoms with Gasteiger partial charge in [-0.2, -0.15) is 0 Å². The number of allylic oxidation sites excluding steroid dienone is 1. The monoisotopic (exact) mass is 230 g/mol. The molecule has 1 saturated carbocycles. The molecule has 0 aromatic carbocycles. The summed E-state index contributed by atoms with van der Waals surface area (Å²) in [5.41, 5.74) is 2.87. The fraction of sp³-hybridized carbons (Fsp3) is 0.625. The normalized spacial score (nSPS) is 28.8. The molecule has 2 aliphatic carbocycles. The van der Waals surface area contributed by atoms with Gasteiger partial charge in [0.2, 0.25) is 0 Å². The van der Waals surface area contributed by atoms with Gasteiger partial charge in [0.1, 0.15) is 5.76 Å². The largest absolute Gasteiger partial charge is 0.464 e. The van der Waals surface area contributed by atoms with Crippen LogP contribution in [0.1, 0.15) is 67.8 Å². The quantitative estimate of drug-likeness (QED) is 0.607. The Labute approximate surface area is 104 Å². The smallest absolute Gasteiger partial charge is 0.130 e. The molecule has 3 rings (SSSR count). The molecule has 1 aromatic heterocycles. The van der Waals surface area contributed by atoms with Gasteiger partial charge in [0, 0.05) is 5.56 Å². The van der Waals surface area contributed by atoms with Crippen molar-refractivity contribution in [1.82, 2.24) is 0 Å². The summed E-state index contributed by atoms with van der Waals surface area (Å²) in [6.07, 6.45) is 16.3. The summed E-state index contributed by atoms with van der Waals surface area (Å²) in [7, 11) is 0. The van der Waals surface area contributed by atoms with Crippen LogP contribution in [0.4, 0.5) is 0 Å². The molecule has 17 heavy (non-hydrogen) atoms. The summed E-state index contributed by atoms with van der Waals surface area (Å²) in [6.45, 7) is 2.20. The molecule has 2 atom stereocenters. The Kier molecular flexibility index (Phi) is 3.09. The van der Waals surface area contributed by atoms with E-state index in [-0.39, 0.29) is 0 Å². The van der Waals surface area contributed by atoms with Crippen molar-refractivity contribution >= 4 is 6.08 Å². The third-order valence-corrected chi connectivity index (χ3v) is 4.49. The maximum Gasteiger partial charge on any atom is 0.130 e. The highest BCUT2D eigenvalue weighted by Crippen LogP contribution is 2.43. The van der Waals surface area contributed by atoms with Gasteiger partial charge in [0.15, 0.2) is 0 Å². The van der Waals surface area contributed by atoms with Gasteiger partial charge < -0.3 is 4.42 Å². The molecule has 2 aliphatic rings. The van der Waals surface area contributed by atoms with Crippen molar-refractivity contribution in [2.75, 3.05) is 0 Å². The van der Waals surface area contributed by atoms with Crippen LogP contribution in [0.25, 0.3) is 6.08 Å².